The number of aliphatic hydroxyl groups excluding tert-OH is 2. The Morgan fingerprint density at radius 3 is 2.30 bits per heavy atom. The fourth-order valence-corrected chi connectivity index (χ4v) is 4.02. The van der Waals surface area contributed by atoms with Crippen molar-refractivity contribution in [2.24, 2.45) is 5.92 Å². The van der Waals surface area contributed by atoms with Gasteiger partial charge in [-0.15, -0.1) is 0 Å². The second-order valence-electron chi connectivity index (χ2n) is 8.26. The largest absolute Gasteiger partial charge is 0.388 e. The van der Waals surface area contributed by atoms with Crippen LogP contribution in [0.2, 0.25) is 0 Å². The van der Waals surface area contributed by atoms with E-state index in [9.17, 15) is 24.2 Å². The first kappa shape index (κ1) is 21.0. The van der Waals surface area contributed by atoms with Crippen molar-refractivity contribution >= 4 is 17.5 Å². The molecule has 0 bridgehead atoms. The molecule has 1 aromatic rings. The zero-order valence-corrected chi connectivity index (χ0v) is 16.7. The molecule has 2 saturated heterocycles. The molecule has 0 unspecified atom stereocenters. The molecule has 30 heavy (non-hydrogen) atoms. The summed E-state index contributed by atoms with van der Waals surface area (Å²) in [5.41, 5.74) is 0.914. The summed E-state index contributed by atoms with van der Waals surface area (Å²) in [5, 5.41) is 23.2. The summed E-state index contributed by atoms with van der Waals surface area (Å²) in [6.45, 7) is 2.41. The number of nitrogens with one attached hydrogen (secondary N) is 1. The van der Waals surface area contributed by atoms with Gasteiger partial charge in [0.15, 0.2) is 0 Å². The SMILES string of the molecule is O=C(NC[C@H]1O[C@H](CC(=O)N2CCN(c3ccc(F)cc3)CC2)[C@H](O)[C@@H]1O)C1CC1. The molecule has 1 aromatic carbocycles. The van der Waals surface area contributed by atoms with Crippen molar-refractivity contribution in [2.75, 3.05) is 37.6 Å². The number of nitrogens with zero attached hydrogens (tertiary/aromatic N) is 2. The van der Waals surface area contributed by atoms with Crippen molar-refractivity contribution in [2.45, 2.75) is 43.7 Å². The van der Waals surface area contributed by atoms with Crippen LogP contribution in [0.15, 0.2) is 24.3 Å². The van der Waals surface area contributed by atoms with Gasteiger partial charge in [-0.2, -0.15) is 0 Å². The Kier molecular flexibility index (Phi) is 6.21. The molecule has 164 valence electrons. The molecule has 4 rings (SSSR count). The fourth-order valence-electron chi connectivity index (χ4n) is 4.02. The van der Waals surface area contributed by atoms with Gasteiger partial charge in [0.1, 0.15) is 24.1 Å². The maximum absolute atomic E-state index is 13.1. The van der Waals surface area contributed by atoms with Crippen molar-refractivity contribution in [1.29, 1.82) is 0 Å². The van der Waals surface area contributed by atoms with E-state index in [0.717, 1.165) is 18.5 Å². The molecule has 4 atom stereocenters. The Morgan fingerprint density at radius 1 is 1.03 bits per heavy atom. The smallest absolute Gasteiger partial charge is 0.225 e. The molecule has 3 fully saturated rings. The third-order valence-electron chi connectivity index (χ3n) is 6.09. The van der Waals surface area contributed by atoms with Gasteiger partial charge in [-0.25, -0.2) is 4.39 Å². The van der Waals surface area contributed by atoms with Gasteiger partial charge in [0, 0.05) is 44.3 Å². The van der Waals surface area contributed by atoms with Crippen molar-refractivity contribution in [1.82, 2.24) is 10.2 Å². The van der Waals surface area contributed by atoms with Crippen LogP contribution in [0.4, 0.5) is 10.1 Å². The number of amides is 2. The van der Waals surface area contributed by atoms with Crippen LogP contribution in [0, 0.1) is 11.7 Å². The number of hydrogen-bond donors (Lipinski definition) is 3. The van der Waals surface area contributed by atoms with Crippen LogP contribution in [-0.4, -0.2) is 84.1 Å². The zero-order valence-electron chi connectivity index (χ0n) is 16.7. The first-order chi connectivity index (χ1) is 14.4. The Morgan fingerprint density at radius 2 is 1.67 bits per heavy atom. The van der Waals surface area contributed by atoms with E-state index in [0.29, 0.717) is 26.2 Å². The van der Waals surface area contributed by atoms with E-state index in [1.54, 1.807) is 17.0 Å². The van der Waals surface area contributed by atoms with Crippen LogP contribution in [0.5, 0.6) is 0 Å². The molecule has 3 N–H and O–H groups in total. The lowest BCUT2D eigenvalue weighted by Gasteiger charge is -2.36. The van der Waals surface area contributed by atoms with E-state index < -0.39 is 24.4 Å². The van der Waals surface area contributed by atoms with Gasteiger partial charge in [0.05, 0.1) is 12.5 Å². The lowest BCUT2D eigenvalue weighted by atomic mass is 10.0. The van der Waals surface area contributed by atoms with Gasteiger partial charge in [-0.05, 0) is 37.1 Å². The number of aliphatic hydroxyl groups is 2. The predicted octanol–water partition coefficient (Wildman–Crippen LogP) is -0.120. The van der Waals surface area contributed by atoms with Crippen molar-refractivity contribution in [3.05, 3.63) is 30.1 Å². The highest BCUT2D eigenvalue weighted by molar-refractivity contribution is 5.80. The second kappa shape index (κ2) is 8.87. The van der Waals surface area contributed by atoms with Gasteiger partial charge < -0.3 is 30.1 Å². The first-order valence-corrected chi connectivity index (χ1v) is 10.5. The van der Waals surface area contributed by atoms with Crippen molar-refractivity contribution < 1.29 is 28.9 Å². The minimum atomic E-state index is -1.17. The lowest BCUT2D eigenvalue weighted by Crippen LogP contribution is -2.49. The average molecular weight is 421 g/mol. The van der Waals surface area contributed by atoms with Gasteiger partial charge in [-0.1, -0.05) is 0 Å². The molecular formula is C21H28FN3O5. The monoisotopic (exact) mass is 421 g/mol. The molecule has 9 heteroatoms. The molecular weight excluding hydrogens is 393 g/mol. The topological polar surface area (TPSA) is 102 Å². The van der Waals surface area contributed by atoms with E-state index in [2.05, 4.69) is 10.2 Å². The normalized spacial score (nSPS) is 29.2. The van der Waals surface area contributed by atoms with Crippen LogP contribution in [0.25, 0.3) is 0 Å². The summed E-state index contributed by atoms with van der Waals surface area (Å²) < 4.78 is 18.8. The zero-order chi connectivity index (χ0) is 21.3. The van der Waals surface area contributed by atoms with Crippen LogP contribution in [-0.2, 0) is 14.3 Å². The number of hydrogen-bond acceptors (Lipinski definition) is 6. The third-order valence-corrected chi connectivity index (χ3v) is 6.09. The maximum Gasteiger partial charge on any atom is 0.225 e. The molecule has 2 aliphatic heterocycles. The van der Waals surface area contributed by atoms with E-state index in [4.69, 9.17) is 4.74 Å². The molecule has 2 amide bonds. The molecule has 2 heterocycles. The number of piperazine rings is 1. The highest BCUT2D eigenvalue weighted by atomic mass is 19.1. The van der Waals surface area contributed by atoms with Gasteiger partial charge in [0.2, 0.25) is 11.8 Å². The van der Waals surface area contributed by atoms with E-state index in [1.165, 1.54) is 12.1 Å². The maximum atomic E-state index is 13.1. The Hall–Kier alpha value is -2.23. The van der Waals surface area contributed by atoms with Crippen LogP contribution in [0.1, 0.15) is 19.3 Å². The Labute approximate surface area is 174 Å². The molecule has 0 radical (unpaired) electrons. The standard InChI is InChI=1S/C21H28FN3O5/c22-14-3-5-15(6-4-14)24-7-9-25(10-8-24)18(26)11-16-19(27)20(28)17(30-16)12-23-21(29)13-1-2-13/h3-6,13,16-17,19-20,27-28H,1-2,7-12H2,(H,23,29)/t16-,17-,19+,20-/m1/s1. The molecule has 0 spiro atoms. The highest BCUT2D eigenvalue weighted by Crippen LogP contribution is 2.29. The molecule has 1 aliphatic carbocycles. The molecule has 1 saturated carbocycles. The van der Waals surface area contributed by atoms with Crippen molar-refractivity contribution in [3.63, 3.8) is 0 Å². The Bertz CT molecular complexity index is 764. The predicted molar refractivity (Wildman–Crippen MR) is 106 cm³/mol. The average Bonchev–Trinajstić information content (AvgIpc) is 3.57. The van der Waals surface area contributed by atoms with Crippen LogP contribution >= 0.6 is 0 Å². The number of carbonyl (C=O) groups excluding carboxylic acids is 2. The molecule has 3 aliphatic rings. The fraction of sp³-hybridized carbons (Fsp3) is 0.619. The van der Waals surface area contributed by atoms with Crippen molar-refractivity contribution in [3.8, 4) is 0 Å². The number of benzene rings is 1. The summed E-state index contributed by atoms with van der Waals surface area (Å²) in [6.07, 6.45) is -2.10. The summed E-state index contributed by atoms with van der Waals surface area (Å²) >= 11 is 0. The summed E-state index contributed by atoms with van der Waals surface area (Å²) in [7, 11) is 0. The number of anilines is 1. The summed E-state index contributed by atoms with van der Waals surface area (Å²) in [5.74, 6) is -0.429. The summed E-state index contributed by atoms with van der Waals surface area (Å²) in [6, 6.07) is 6.28. The highest BCUT2D eigenvalue weighted by Gasteiger charge is 2.44. The quantitative estimate of drug-likeness (QED) is 0.592. The first-order valence-electron chi connectivity index (χ1n) is 10.5. The van der Waals surface area contributed by atoms with Gasteiger partial charge in [0.25, 0.3) is 0 Å². The second-order valence-corrected chi connectivity index (χ2v) is 8.26. The number of ether oxygens (including phenoxy) is 1. The Balaban J connectivity index is 1.24. The minimum Gasteiger partial charge on any atom is -0.388 e. The van der Waals surface area contributed by atoms with Crippen LogP contribution in [0.3, 0.4) is 0 Å². The summed E-state index contributed by atoms with van der Waals surface area (Å²) in [4.78, 5) is 28.3. The minimum absolute atomic E-state index is 0.0259. The number of halogens is 1. The molecule has 0 aromatic heterocycles. The van der Waals surface area contributed by atoms with Gasteiger partial charge >= 0.3 is 0 Å². The number of carbonyl (C=O) groups is 2. The lowest BCUT2D eigenvalue weighted by molar-refractivity contribution is -0.135. The number of rotatable bonds is 6. The van der Waals surface area contributed by atoms with E-state index in [1.807, 2.05) is 0 Å². The van der Waals surface area contributed by atoms with Crippen LogP contribution < -0.4 is 10.2 Å². The third kappa shape index (κ3) is 4.74. The molecule has 8 nitrogen and oxygen atoms in total. The van der Waals surface area contributed by atoms with E-state index >= 15 is 0 Å². The van der Waals surface area contributed by atoms with Gasteiger partial charge in [-0.3, -0.25) is 9.59 Å². The van der Waals surface area contributed by atoms with E-state index in [-0.39, 0.29) is 36.5 Å².